The summed E-state index contributed by atoms with van der Waals surface area (Å²) in [6.45, 7) is 10.9. The summed E-state index contributed by atoms with van der Waals surface area (Å²) >= 11 is 1.62. The molecule has 0 fully saturated rings. The molecular formula is C24H34N6O3S. The van der Waals surface area contributed by atoms with Crippen LogP contribution < -0.4 is 15.4 Å². The van der Waals surface area contributed by atoms with Crippen molar-refractivity contribution in [2.75, 3.05) is 37.4 Å². The SMILES string of the molecule is CCCSc1nc(NCCOCC)c2cnn(CCNC(=O)c3ccc(OC(C)C)cc3)c2n1. The molecule has 0 unspecified atom stereocenters. The molecule has 1 amide bonds. The lowest BCUT2D eigenvalue weighted by atomic mass is 10.2. The number of aromatic nitrogens is 4. The first-order chi connectivity index (χ1) is 16.5. The van der Waals surface area contributed by atoms with Gasteiger partial charge >= 0.3 is 0 Å². The van der Waals surface area contributed by atoms with E-state index in [0.717, 1.165) is 34.8 Å². The lowest BCUT2D eigenvalue weighted by molar-refractivity contribution is 0.0952. The first kappa shape index (κ1) is 25.8. The summed E-state index contributed by atoms with van der Waals surface area (Å²) in [4.78, 5) is 21.9. The molecule has 0 radical (unpaired) electrons. The second-order valence-corrected chi connectivity index (χ2v) is 8.94. The fourth-order valence-corrected chi connectivity index (χ4v) is 3.91. The van der Waals surface area contributed by atoms with E-state index in [9.17, 15) is 4.79 Å². The Bertz CT molecular complexity index is 1050. The number of thioether (sulfide) groups is 1. The maximum atomic E-state index is 12.5. The third-order valence-corrected chi connectivity index (χ3v) is 5.80. The van der Waals surface area contributed by atoms with E-state index >= 15 is 0 Å². The number of anilines is 1. The van der Waals surface area contributed by atoms with Crippen LogP contribution in [0.5, 0.6) is 5.75 Å². The van der Waals surface area contributed by atoms with Gasteiger partial charge in [0.25, 0.3) is 5.91 Å². The zero-order chi connectivity index (χ0) is 24.3. The van der Waals surface area contributed by atoms with E-state index in [2.05, 4.69) is 27.6 Å². The Kier molecular flexibility index (Phi) is 9.96. The normalized spacial score (nSPS) is 11.2. The molecule has 2 aromatic heterocycles. The Balaban J connectivity index is 1.66. The summed E-state index contributed by atoms with van der Waals surface area (Å²) in [5.41, 5.74) is 1.33. The average molecular weight is 487 g/mol. The van der Waals surface area contributed by atoms with Gasteiger partial charge in [0.05, 0.1) is 30.8 Å². The molecule has 9 nitrogen and oxygen atoms in total. The average Bonchev–Trinajstić information content (AvgIpc) is 3.23. The molecule has 0 aliphatic rings. The molecule has 0 saturated heterocycles. The van der Waals surface area contributed by atoms with Crippen LogP contribution in [0.1, 0.15) is 44.5 Å². The zero-order valence-electron chi connectivity index (χ0n) is 20.3. The Morgan fingerprint density at radius 1 is 1.15 bits per heavy atom. The fourth-order valence-electron chi connectivity index (χ4n) is 3.21. The smallest absolute Gasteiger partial charge is 0.251 e. The van der Waals surface area contributed by atoms with Crippen LogP contribution in [0.25, 0.3) is 11.0 Å². The zero-order valence-corrected chi connectivity index (χ0v) is 21.2. The van der Waals surface area contributed by atoms with E-state index in [1.165, 1.54) is 0 Å². The van der Waals surface area contributed by atoms with Crippen molar-refractivity contribution in [2.45, 2.75) is 51.9 Å². The number of amides is 1. The van der Waals surface area contributed by atoms with Gasteiger partial charge in [0.15, 0.2) is 10.8 Å². The van der Waals surface area contributed by atoms with Crippen molar-refractivity contribution >= 4 is 34.5 Å². The monoisotopic (exact) mass is 486 g/mol. The van der Waals surface area contributed by atoms with Crippen LogP contribution >= 0.6 is 11.8 Å². The number of nitrogens with one attached hydrogen (secondary N) is 2. The highest BCUT2D eigenvalue weighted by atomic mass is 32.2. The van der Waals surface area contributed by atoms with E-state index in [4.69, 9.17) is 14.5 Å². The van der Waals surface area contributed by atoms with Crippen molar-refractivity contribution in [3.8, 4) is 5.75 Å². The highest BCUT2D eigenvalue weighted by Gasteiger charge is 2.14. The predicted octanol–water partition coefficient (Wildman–Crippen LogP) is 3.99. The lowest BCUT2D eigenvalue weighted by Gasteiger charge is -2.11. The van der Waals surface area contributed by atoms with Gasteiger partial charge in [0, 0.05) is 31.0 Å². The van der Waals surface area contributed by atoms with Crippen molar-refractivity contribution < 1.29 is 14.3 Å². The fraction of sp³-hybridized carbons (Fsp3) is 0.500. The highest BCUT2D eigenvalue weighted by Crippen LogP contribution is 2.24. The third-order valence-electron chi connectivity index (χ3n) is 4.75. The molecular weight excluding hydrogens is 452 g/mol. The van der Waals surface area contributed by atoms with E-state index in [1.54, 1.807) is 34.8 Å². The van der Waals surface area contributed by atoms with E-state index in [-0.39, 0.29) is 12.0 Å². The number of carbonyl (C=O) groups excluding carboxylic acids is 1. The Morgan fingerprint density at radius 3 is 2.65 bits per heavy atom. The summed E-state index contributed by atoms with van der Waals surface area (Å²) in [5.74, 6) is 2.30. The number of fused-ring (bicyclic) bond motifs is 1. The molecule has 0 aliphatic heterocycles. The quantitative estimate of drug-likeness (QED) is 0.200. The molecule has 10 heteroatoms. The number of hydrogen-bond acceptors (Lipinski definition) is 8. The molecule has 184 valence electrons. The van der Waals surface area contributed by atoms with Gasteiger partial charge in [-0.25, -0.2) is 14.6 Å². The van der Waals surface area contributed by atoms with Gasteiger partial charge < -0.3 is 20.1 Å². The topological polar surface area (TPSA) is 103 Å². The predicted molar refractivity (Wildman–Crippen MR) is 136 cm³/mol. The first-order valence-electron chi connectivity index (χ1n) is 11.7. The van der Waals surface area contributed by atoms with Gasteiger partial charge in [0.2, 0.25) is 0 Å². The van der Waals surface area contributed by atoms with Crippen LogP contribution in [0.3, 0.4) is 0 Å². The first-order valence-corrected chi connectivity index (χ1v) is 12.7. The Morgan fingerprint density at radius 2 is 1.94 bits per heavy atom. The molecule has 0 spiro atoms. The Labute approximate surface area is 205 Å². The van der Waals surface area contributed by atoms with Gasteiger partial charge in [0.1, 0.15) is 11.6 Å². The minimum atomic E-state index is -0.139. The van der Waals surface area contributed by atoms with Crippen molar-refractivity contribution in [3.05, 3.63) is 36.0 Å². The van der Waals surface area contributed by atoms with E-state index < -0.39 is 0 Å². The van der Waals surface area contributed by atoms with Gasteiger partial charge in [-0.15, -0.1) is 0 Å². The maximum Gasteiger partial charge on any atom is 0.251 e. The summed E-state index contributed by atoms with van der Waals surface area (Å²) in [7, 11) is 0. The van der Waals surface area contributed by atoms with Gasteiger partial charge in [-0.05, 0) is 51.5 Å². The second kappa shape index (κ2) is 13.1. The number of ether oxygens (including phenoxy) is 2. The standard InChI is InChI=1S/C24H34N6O3S/c1-5-15-34-24-28-21(25-12-14-32-6-2)20-16-27-30(22(20)29-24)13-11-26-23(31)18-7-9-19(10-8-18)33-17(3)4/h7-10,16-17H,5-6,11-15H2,1-4H3,(H,26,31)(H,25,28,29). The molecule has 34 heavy (non-hydrogen) atoms. The third kappa shape index (κ3) is 7.33. The molecule has 2 N–H and O–H groups in total. The molecule has 3 rings (SSSR count). The van der Waals surface area contributed by atoms with Crippen molar-refractivity contribution in [2.24, 2.45) is 0 Å². The number of rotatable bonds is 14. The largest absolute Gasteiger partial charge is 0.491 e. The number of hydrogen-bond donors (Lipinski definition) is 2. The molecule has 0 bridgehead atoms. The summed E-state index contributed by atoms with van der Waals surface area (Å²) in [6, 6.07) is 7.15. The summed E-state index contributed by atoms with van der Waals surface area (Å²) in [6.07, 6.45) is 2.89. The minimum absolute atomic E-state index is 0.0914. The van der Waals surface area contributed by atoms with Crippen LogP contribution in [-0.4, -0.2) is 63.8 Å². The number of benzene rings is 1. The molecule has 0 saturated carbocycles. The summed E-state index contributed by atoms with van der Waals surface area (Å²) in [5, 5.41) is 12.4. The number of nitrogens with zero attached hydrogens (tertiary/aromatic N) is 4. The van der Waals surface area contributed by atoms with Crippen LogP contribution in [-0.2, 0) is 11.3 Å². The Hall–Kier alpha value is -2.85. The van der Waals surface area contributed by atoms with E-state index in [0.29, 0.717) is 43.6 Å². The van der Waals surface area contributed by atoms with Gasteiger partial charge in [-0.1, -0.05) is 18.7 Å². The maximum absolute atomic E-state index is 12.5. The molecule has 0 aliphatic carbocycles. The van der Waals surface area contributed by atoms with Crippen molar-refractivity contribution in [3.63, 3.8) is 0 Å². The van der Waals surface area contributed by atoms with Crippen LogP contribution in [0.2, 0.25) is 0 Å². The van der Waals surface area contributed by atoms with E-state index in [1.807, 2.05) is 32.9 Å². The molecule has 1 aromatic carbocycles. The molecule has 3 aromatic rings. The molecule has 0 atom stereocenters. The lowest BCUT2D eigenvalue weighted by Crippen LogP contribution is -2.27. The van der Waals surface area contributed by atoms with Crippen LogP contribution in [0, 0.1) is 0 Å². The highest BCUT2D eigenvalue weighted by molar-refractivity contribution is 7.99. The number of carbonyl (C=O) groups is 1. The van der Waals surface area contributed by atoms with Crippen LogP contribution in [0.4, 0.5) is 5.82 Å². The van der Waals surface area contributed by atoms with Gasteiger partial charge in [-0.3, -0.25) is 4.79 Å². The molecule has 2 heterocycles. The minimum Gasteiger partial charge on any atom is -0.491 e. The summed E-state index contributed by atoms with van der Waals surface area (Å²) < 4.78 is 12.9. The van der Waals surface area contributed by atoms with Crippen molar-refractivity contribution in [1.29, 1.82) is 0 Å². The van der Waals surface area contributed by atoms with Crippen LogP contribution in [0.15, 0.2) is 35.6 Å². The second-order valence-electron chi connectivity index (χ2n) is 7.88. The van der Waals surface area contributed by atoms with Gasteiger partial charge in [-0.2, -0.15) is 5.10 Å². The van der Waals surface area contributed by atoms with Crippen molar-refractivity contribution in [1.82, 2.24) is 25.1 Å².